The predicted octanol–water partition coefficient (Wildman–Crippen LogP) is 1.65. The molecule has 17 heavy (non-hydrogen) atoms. The molecule has 2 aromatic rings. The minimum Gasteiger partial charge on any atom is -0.319 e. The second kappa shape index (κ2) is 5.10. The number of rotatable bonds is 4. The zero-order valence-electron chi connectivity index (χ0n) is 10.6. The highest BCUT2D eigenvalue weighted by atomic mass is 15.3. The second-order valence-corrected chi connectivity index (χ2v) is 4.10. The van der Waals surface area contributed by atoms with E-state index in [1.165, 1.54) is 11.3 Å². The first-order valence-electron chi connectivity index (χ1n) is 5.85. The van der Waals surface area contributed by atoms with Crippen LogP contribution in [0.4, 0.5) is 0 Å². The van der Waals surface area contributed by atoms with Crippen LogP contribution in [0.15, 0.2) is 24.4 Å². The fraction of sp³-hybridized carbons (Fsp3) is 0.385. The average molecular weight is 230 g/mol. The molecule has 2 aromatic heterocycles. The van der Waals surface area contributed by atoms with E-state index in [0.29, 0.717) is 0 Å². The molecule has 90 valence electrons. The van der Waals surface area contributed by atoms with Crippen molar-refractivity contribution in [1.82, 2.24) is 20.1 Å². The number of nitrogens with zero attached hydrogens (tertiary/aromatic N) is 3. The molecule has 0 saturated carbocycles. The highest BCUT2D eigenvalue weighted by Crippen LogP contribution is 2.16. The molecule has 0 spiro atoms. The maximum atomic E-state index is 4.56. The van der Waals surface area contributed by atoms with Crippen LogP contribution in [0, 0.1) is 13.8 Å². The van der Waals surface area contributed by atoms with Crippen LogP contribution in [0.2, 0.25) is 0 Å². The van der Waals surface area contributed by atoms with Gasteiger partial charge in [-0.15, -0.1) is 0 Å². The van der Waals surface area contributed by atoms with E-state index in [1.54, 1.807) is 6.20 Å². The summed E-state index contributed by atoms with van der Waals surface area (Å²) in [6.07, 6.45) is 2.79. The molecule has 4 nitrogen and oxygen atoms in total. The molecular weight excluding hydrogens is 212 g/mol. The first-order chi connectivity index (χ1) is 8.24. The van der Waals surface area contributed by atoms with Crippen molar-refractivity contribution in [3.05, 3.63) is 41.3 Å². The summed E-state index contributed by atoms with van der Waals surface area (Å²) in [5, 5.41) is 7.73. The normalized spacial score (nSPS) is 10.8. The number of pyridine rings is 1. The van der Waals surface area contributed by atoms with Gasteiger partial charge in [0.1, 0.15) is 0 Å². The maximum Gasteiger partial charge on any atom is 0.153 e. The van der Waals surface area contributed by atoms with Gasteiger partial charge in [0.2, 0.25) is 0 Å². The molecule has 4 heteroatoms. The molecule has 0 amide bonds. The van der Waals surface area contributed by atoms with Crippen molar-refractivity contribution < 1.29 is 0 Å². The Morgan fingerprint density at radius 2 is 2.12 bits per heavy atom. The van der Waals surface area contributed by atoms with Crippen molar-refractivity contribution in [3.63, 3.8) is 0 Å². The van der Waals surface area contributed by atoms with E-state index < -0.39 is 0 Å². The van der Waals surface area contributed by atoms with Crippen LogP contribution in [-0.4, -0.2) is 28.4 Å². The summed E-state index contributed by atoms with van der Waals surface area (Å²) in [4.78, 5) is 4.33. The highest BCUT2D eigenvalue weighted by molar-refractivity contribution is 5.32. The monoisotopic (exact) mass is 230 g/mol. The van der Waals surface area contributed by atoms with Gasteiger partial charge in [0.25, 0.3) is 0 Å². The number of aryl methyl sites for hydroxylation is 1. The summed E-state index contributed by atoms with van der Waals surface area (Å²) in [5.41, 5.74) is 3.57. The van der Waals surface area contributed by atoms with E-state index in [1.807, 2.05) is 29.9 Å². The lowest BCUT2D eigenvalue weighted by atomic mass is 10.1. The molecule has 0 atom stereocenters. The van der Waals surface area contributed by atoms with Crippen LogP contribution in [0.3, 0.4) is 0 Å². The smallest absolute Gasteiger partial charge is 0.153 e. The molecule has 0 radical (unpaired) electrons. The molecule has 0 aromatic carbocycles. The number of likely N-dealkylation sites (N-methyl/N-ethyl adjacent to an activating group) is 1. The Bertz CT molecular complexity index is 488. The van der Waals surface area contributed by atoms with Gasteiger partial charge in [-0.3, -0.25) is 0 Å². The molecule has 2 heterocycles. The summed E-state index contributed by atoms with van der Waals surface area (Å²) < 4.78 is 1.92. The van der Waals surface area contributed by atoms with E-state index in [4.69, 9.17) is 0 Å². The molecule has 0 aliphatic rings. The van der Waals surface area contributed by atoms with Crippen molar-refractivity contribution in [3.8, 4) is 5.82 Å². The van der Waals surface area contributed by atoms with Crippen LogP contribution < -0.4 is 5.32 Å². The zero-order valence-corrected chi connectivity index (χ0v) is 10.6. The van der Waals surface area contributed by atoms with E-state index >= 15 is 0 Å². The summed E-state index contributed by atoms with van der Waals surface area (Å²) in [6.45, 7) is 5.12. The third-order valence-corrected chi connectivity index (χ3v) is 2.93. The van der Waals surface area contributed by atoms with Crippen molar-refractivity contribution >= 4 is 0 Å². The number of hydrogen-bond acceptors (Lipinski definition) is 3. The zero-order chi connectivity index (χ0) is 12.3. The highest BCUT2D eigenvalue weighted by Gasteiger charge is 2.12. The van der Waals surface area contributed by atoms with Gasteiger partial charge >= 0.3 is 0 Å². The Labute approximate surface area is 102 Å². The van der Waals surface area contributed by atoms with Gasteiger partial charge in [-0.05, 0) is 51.6 Å². The molecule has 0 aliphatic heterocycles. The molecule has 2 rings (SSSR count). The van der Waals surface area contributed by atoms with Crippen molar-refractivity contribution in [2.24, 2.45) is 0 Å². The fourth-order valence-electron chi connectivity index (χ4n) is 1.99. The molecule has 0 saturated heterocycles. The van der Waals surface area contributed by atoms with Gasteiger partial charge in [0.15, 0.2) is 5.82 Å². The predicted molar refractivity (Wildman–Crippen MR) is 68.5 cm³/mol. The van der Waals surface area contributed by atoms with E-state index in [0.717, 1.165) is 24.5 Å². The third-order valence-electron chi connectivity index (χ3n) is 2.93. The first-order valence-corrected chi connectivity index (χ1v) is 5.85. The maximum absolute atomic E-state index is 4.56. The van der Waals surface area contributed by atoms with Crippen LogP contribution in [0.1, 0.15) is 17.0 Å². The van der Waals surface area contributed by atoms with Crippen molar-refractivity contribution in [2.75, 3.05) is 13.6 Å². The Morgan fingerprint density at radius 1 is 1.29 bits per heavy atom. The Hall–Kier alpha value is -1.68. The summed E-state index contributed by atoms with van der Waals surface area (Å²) >= 11 is 0. The van der Waals surface area contributed by atoms with Crippen LogP contribution in [0.25, 0.3) is 5.82 Å². The summed E-state index contributed by atoms with van der Waals surface area (Å²) in [7, 11) is 1.97. The topological polar surface area (TPSA) is 42.7 Å². The number of hydrogen-bond donors (Lipinski definition) is 1. The molecule has 0 fully saturated rings. The minimum atomic E-state index is 0.879. The third kappa shape index (κ3) is 2.36. The summed E-state index contributed by atoms with van der Waals surface area (Å²) in [5.74, 6) is 0.879. The SMILES string of the molecule is CNCCc1c(C)nn(-c2ccccn2)c1C. The molecule has 0 aliphatic carbocycles. The van der Waals surface area contributed by atoms with Gasteiger partial charge in [0, 0.05) is 11.9 Å². The molecular formula is C13H18N4. The van der Waals surface area contributed by atoms with E-state index in [-0.39, 0.29) is 0 Å². The summed E-state index contributed by atoms with van der Waals surface area (Å²) in [6, 6.07) is 5.87. The quantitative estimate of drug-likeness (QED) is 0.868. The fourth-order valence-corrected chi connectivity index (χ4v) is 1.99. The van der Waals surface area contributed by atoms with Crippen molar-refractivity contribution in [2.45, 2.75) is 20.3 Å². The largest absolute Gasteiger partial charge is 0.319 e. The Morgan fingerprint density at radius 3 is 2.76 bits per heavy atom. The van der Waals surface area contributed by atoms with Crippen LogP contribution in [0.5, 0.6) is 0 Å². The lowest BCUT2D eigenvalue weighted by Crippen LogP contribution is -2.11. The van der Waals surface area contributed by atoms with Gasteiger partial charge < -0.3 is 5.32 Å². The first kappa shape index (κ1) is 11.8. The second-order valence-electron chi connectivity index (χ2n) is 4.10. The minimum absolute atomic E-state index is 0.879. The molecule has 0 unspecified atom stereocenters. The Balaban J connectivity index is 2.37. The van der Waals surface area contributed by atoms with Gasteiger partial charge in [0.05, 0.1) is 5.69 Å². The van der Waals surface area contributed by atoms with Gasteiger partial charge in [-0.25, -0.2) is 9.67 Å². The van der Waals surface area contributed by atoms with Gasteiger partial charge in [-0.2, -0.15) is 5.10 Å². The molecule has 0 bridgehead atoms. The number of nitrogens with one attached hydrogen (secondary N) is 1. The molecule has 1 N–H and O–H groups in total. The van der Waals surface area contributed by atoms with Crippen LogP contribution in [-0.2, 0) is 6.42 Å². The van der Waals surface area contributed by atoms with Crippen LogP contribution >= 0.6 is 0 Å². The number of aromatic nitrogens is 3. The lowest BCUT2D eigenvalue weighted by Gasteiger charge is -2.04. The standard InChI is InChI=1S/C13H18N4/c1-10-12(7-9-14-3)11(2)17(16-10)13-6-4-5-8-15-13/h4-6,8,14H,7,9H2,1-3H3. The average Bonchev–Trinajstić information content (AvgIpc) is 2.64. The Kier molecular flexibility index (Phi) is 3.54. The van der Waals surface area contributed by atoms with E-state index in [2.05, 4.69) is 29.2 Å². The van der Waals surface area contributed by atoms with Crippen molar-refractivity contribution in [1.29, 1.82) is 0 Å². The lowest BCUT2D eigenvalue weighted by molar-refractivity contribution is 0.781. The van der Waals surface area contributed by atoms with Gasteiger partial charge in [-0.1, -0.05) is 6.07 Å². The van der Waals surface area contributed by atoms with E-state index in [9.17, 15) is 0 Å².